The molecule has 1 fully saturated rings. The number of amides is 4. The predicted molar refractivity (Wildman–Crippen MR) is 98.2 cm³/mol. The van der Waals surface area contributed by atoms with Crippen LogP contribution in [-0.4, -0.2) is 48.4 Å². The molecule has 1 N–H and O–H groups in total. The van der Waals surface area contributed by atoms with E-state index in [0.29, 0.717) is 17.1 Å². The van der Waals surface area contributed by atoms with E-state index in [9.17, 15) is 14.4 Å². The zero-order valence-electron chi connectivity index (χ0n) is 15.3. The Morgan fingerprint density at radius 3 is 2.52 bits per heavy atom. The van der Waals surface area contributed by atoms with Crippen molar-refractivity contribution in [3.8, 4) is 5.75 Å². The van der Waals surface area contributed by atoms with Crippen molar-refractivity contribution in [1.82, 2.24) is 15.2 Å². The number of likely N-dealkylation sites (N-methyl/N-ethyl adjacent to an activating group) is 1. The van der Waals surface area contributed by atoms with Crippen molar-refractivity contribution in [1.29, 1.82) is 0 Å². The molecular formula is C19H20N4O4. The molecule has 8 nitrogen and oxygen atoms in total. The first-order chi connectivity index (χ1) is 12.9. The molecule has 1 unspecified atom stereocenters. The maximum Gasteiger partial charge on any atom is 0.325 e. The number of pyridine rings is 1. The van der Waals surface area contributed by atoms with Crippen molar-refractivity contribution >= 4 is 23.7 Å². The van der Waals surface area contributed by atoms with Crippen LogP contribution in [0.15, 0.2) is 48.7 Å². The maximum absolute atomic E-state index is 12.9. The summed E-state index contributed by atoms with van der Waals surface area (Å²) in [5.74, 6) is 0.173. The van der Waals surface area contributed by atoms with Gasteiger partial charge in [-0.15, -0.1) is 0 Å². The van der Waals surface area contributed by atoms with Crippen LogP contribution in [0.25, 0.3) is 0 Å². The van der Waals surface area contributed by atoms with Crippen LogP contribution < -0.4 is 15.0 Å². The van der Waals surface area contributed by atoms with E-state index in [0.717, 1.165) is 4.90 Å². The summed E-state index contributed by atoms with van der Waals surface area (Å²) in [6, 6.07) is 11.4. The Balaban J connectivity index is 1.78. The molecule has 2 aromatic rings. The van der Waals surface area contributed by atoms with Crippen LogP contribution in [0.2, 0.25) is 0 Å². The Morgan fingerprint density at radius 1 is 1.22 bits per heavy atom. The molecule has 1 aliphatic rings. The summed E-state index contributed by atoms with van der Waals surface area (Å²) < 4.78 is 5.12. The second-order valence-corrected chi connectivity index (χ2v) is 6.32. The molecule has 1 aromatic heterocycles. The standard InChI is InChI=1S/C19H20N4O4/c1-19(13-7-9-14(27-3)10-8-13)17(25)23(18(26)21-19)12-16(24)22(2)15-6-4-5-11-20-15/h4-11H,12H2,1-3H3,(H,21,26). The molecule has 0 bridgehead atoms. The van der Waals surface area contributed by atoms with Crippen LogP contribution in [0.4, 0.5) is 10.6 Å². The number of hydrogen-bond acceptors (Lipinski definition) is 5. The van der Waals surface area contributed by atoms with E-state index in [1.165, 1.54) is 4.90 Å². The summed E-state index contributed by atoms with van der Waals surface area (Å²) in [6.07, 6.45) is 1.56. The minimum atomic E-state index is -1.24. The fourth-order valence-corrected chi connectivity index (χ4v) is 2.88. The first kappa shape index (κ1) is 18.4. The molecule has 0 spiro atoms. The van der Waals surface area contributed by atoms with Gasteiger partial charge in [0.05, 0.1) is 7.11 Å². The van der Waals surface area contributed by atoms with Crippen LogP contribution in [0, 0.1) is 0 Å². The number of urea groups is 1. The van der Waals surface area contributed by atoms with E-state index in [-0.39, 0.29) is 6.54 Å². The van der Waals surface area contributed by atoms with Gasteiger partial charge in [-0.3, -0.25) is 19.4 Å². The minimum absolute atomic E-state index is 0.372. The molecule has 0 saturated carbocycles. The summed E-state index contributed by atoms with van der Waals surface area (Å²) in [6.45, 7) is 1.24. The highest BCUT2D eigenvalue weighted by molar-refractivity contribution is 6.10. The summed E-state index contributed by atoms with van der Waals surface area (Å²) >= 11 is 0. The average molecular weight is 368 g/mol. The molecule has 2 heterocycles. The molecule has 4 amide bonds. The Bertz CT molecular complexity index is 869. The number of anilines is 1. The van der Waals surface area contributed by atoms with Gasteiger partial charge in [-0.25, -0.2) is 9.78 Å². The topological polar surface area (TPSA) is 91.8 Å². The van der Waals surface area contributed by atoms with Crippen molar-refractivity contribution in [3.63, 3.8) is 0 Å². The molecule has 140 valence electrons. The number of imide groups is 1. The Hall–Kier alpha value is -3.42. The van der Waals surface area contributed by atoms with Gasteiger partial charge < -0.3 is 10.1 Å². The van der Waals surface area contributed by atoms with Crippen molar-refractivity contribution < 1.29 is 19.1 Å². The zero-order chi connectivity index (χ0) is 19.6. The minimum Gasteiger partial charge on any atom is -0.497 e. The molecule has 0 radical (unpaired) electrons. The number of carbonyl (C=O) groups excluding carboxylic acids is 3. The number of hydrogen-bond donors (Lipinski definition) is 1. The van der Waals surface area contributed by atoms with E-state index >= 15 is 0 Å². The van der Waals surface area contributed by atoms with Gasteiger partial charge in [-0.2, -0.15) is 0 Å². The highest BCUT2D eigenvalue weighted by atomic mass is 16.5. The number of nitrogens with zero attached hydrogens (tertiary/aromatic N) is 3. The Kier molecular flexibility index (Phi) is 4.81. The van der Waals surface area contributed by atoms with E-state index in [2.05, 4.69) is 10.3 Å². The predicted octanol–water partition coefficient (Wildman–Crippen LogP) is 1.52. The Labute approximate surface area is 156 Å². The molecule has 1 aromatic carbocycles. The third-order valence-corrected chi connectivity index (χ3v) is 4.60. The molecule has 27 heavy (non-hydrogen) atoms. The van der Waals surface area contributed by atoms with Gasteiger partial charge in [0.25, 0.3) is 5.91 Å². The van der Waals surface area contributed by atoms with Gasteiger partial charge in [0.15, 0.2) is 0 Å². The van der Waals surface area contributed by atoms with Crippen molar-refractivity contribution in [2.45, 2.75) is 12.5 Å². The van der Waals surface area contributed by atoms with Crippen LogP contribution in [-0.2, 0) is 15.1 Å². The maximum atomic E-state index is 12.9. The first-order valence-electron chi connectivity index (χ1n) is 8.33. The zero-order valence-corrected chi connectivity index (χ0v) is 15.3. The summed E-state index contributed by atoms with van der Waals surface area (Å²) in [7, 11) is 3.09. The number of benzene rings is 1. The van der Waals surface area contributed by atoms with E-state index in [1.54, 1.807) is 69.7 Å². The van der Waals surface area contributed by atoms with Gasteiger partial charge in [0, 0.05) is 13.2 Å². The van der Waals surface area contributed by atoms with Crippen LogP contribution in [0.3, 0.4) is 0 Å². The van der Waals surface area contributed by atoms with E-state index in [4.69, 9.17) is 4.74 Å². The summed E-state index contributed by atoms with van der Waals surface area (Å²) in [5.41, 5.74) is -0.637. The normalized spacial score (nSPS) is 19.0. The lowest BCUT2D eigenvalue weighted by Gasteiger charge is -2.23. The second-order valence-electron chi connectivity index (χ2n) is 6.32. The van der Waals surface area contributed by atoms with Crippen molar-refractivity contribution in [2.75, 3.05) is 25.6 Å². The molecule has 1 saturated heterocycles. The van der Waals surface area contributed by atoms with Crippen molar-refractivity contribution in [3.05, 3.63) is 54.2 Å². The largest absolute Gasteiger partial charge is 0.497 e. The molecule has 3 rings (SSSR count). The Morgan fingerprint density at radius 2 is 1.93 bits per heavy atom. The quantitative estimate of drug-likeness (QED) is 0.808. The fourth-order valence-electron chi connectivity index (χ4n) is 2.88. The van der Waals surface area contributed by atoms with Gasteiger partial charge in [-0.05, 0) is 36.8 Å². The van der Waals surface area contributed by atoms with Crippen molar-refractivity contribution in [2.24, 2.45) is 0 Å². The first-order valence-corrected chi connectivity index (χ1v) is 8.33. The average Bonchev–Trinajstić information content (AvgIpc) is 2.92. The van der Waals surface area contributed by atoms with Crippen LogP contribution in [0.1, 0.15) is 12.5 Å². The number of ether oxygens (including phenoxy) is 1. The number of aromatic nitrogens is 1. The van der Waals surface area contributed by atoms with Crippen LogP contribution in [0.5, 0.6) is 5.75 Å². The van der Waals surface area contributed by atoms with Gasteiger partial charge >= 0.3 is 6.03 Å². The van der Waals surface area contributed by atoms with Gasteiger partial charge in [0.1, 0.15) is 23.7 Å². The van der Waals surface area contributed by atoms with E-state index in [1.807, 2.05) is 0 Å². The highest BCUT2D eigenvalue weighted by Gasteiger charge is 2.49. The summed E-state index contributed by atoms with van der Waals surface area (Å²) in [5, 5.41) is 2.68. The van der Waals surface area contributed by atoms with E-state index < -0.39 is 23.4 Å². The molecule has 1 atom stereocenters. The lowest BCUT2D eigenvalue weighted by Crippen LogP contribution is -2.43. The number of nitrogens with one attached hydrogen (secondary N) is 1. The SMILES string of the molecule is COc1ccc(C2(C)NC(=O)N(CC(=O)N(C)c3ccccn3)C2=O)cc1. The molecule has 8 heteroatoms. The van der Waals surface area contributed by atoms with Gasteiger partial charge in [-0.1, -0.05) is 18.2 Å². The summed E-state index contributed by atoms with van der Waals surface area (Å²) in [4.78, 5) is 44.1. The third-order valence-electron chi connectivity index (χ3n) is 4.60. The second kappa shape index (κ2) is 7.06. The fraction of sp³-hybridized carbons (Fsp3) is 0.263. The van der Waals surface area contributed by atoms with Gasteiger partial charge in [0.2, 0.25) is 5.91 Å². The number of rotatable bonds is 5. The molecule has 1 aliphatic heterocycles. The number of carbonyl (C=O) groups is 3. The molecular weight excluding hydrogens is 348 g/mol. The molecule has 0 aliphatic carbocycles. The highest BCUT2D eigenvalue weighted by Crippen LogP contribution is 2.30. The lowest BCUT2D eigenvalue weighted by molar-refractivity contribution is -0.134. The third kappa shape index (κ3) is 3.33. The smallest absolute Gasteiger partial charge is 0.325 e. The van der Waals surface area contributed by atoms with Crippen LogP contribution >= 0.6 is 0 Å². The number of methoxy groups -OCH3 is 1. The lowest BCUT2D eigenvalue weighted by atomic mass is 9.92. The monoisotopic (exact) mass is 368 g/mol.